The van der Waals surface area contributed by atoms with Crippen LogP contribution in [0.15, 0.2) is 18.2 Å². The minimum absolute atomic E-state index is 0.0200. The topological polar surface area (TPSA) is 47.6 Å². The second-order valence-electron chi connectivity index (χ2n) is 3.84. The van der Waals surface area contributed by atoms with Crippen LogP contribution in [0.5, 0.6) is 11.5 Å². The molecule has 1 N–H and O–H groups in total. The summed E-state index contributed by atoms with van der Waals surface area (Å²) in [6.45, 7) is 1.92. The number of nitrogens with one attached hydrogen (secondary N) is 1. The molecule has 0 aliphatic heterocycles. The van der Waals surface area contributed by atoms with Crippen LogP contribution in [0.4, 0.5) is 0 Å². The van der Waals surface area contributed by atoms with E-state index >= 15 is 0 Å². The molecule has 0 heterocycles. The Morgan fingerprint density at radius 3 is 2.56 bits per heavy atom. The van der Waals surface area contributed by atoms with E-state index < -0.39 is 10.8 Å². The van der Waals surface area contributed by atoms with E-state index in [1.807, 2.05) is 32.2 Å². The van der Waals surface area contributed by atoms with E-state index in [9.17, 15) is 4.21 Å². The van der Waals surface area contributed by atoms with Gasteiger partial charge in [-0.05, 0) is 13.1 Å². The molecule has 0 saturated carbocycles. The van der Waals surface area contributed by atoms with E-state index in [-0.39, 0.29) is 6.04 Å². The summed E-state index contributed by atoms with van der Waals surface area (Å²) in [6.07, 6.45) is 0. The largest absolute Gasteiger partial charge is 0.497 e. The lowest BCUT2D eigenvalue weighted by Gasteiger charge is -2.19. The molecule has 2 atom stereocenters. The van der Waals surface area contributed by atoms with Crippen LogP contribution in [0.25, 0.3) is 0 Å². The van der Waals surface area contributed by atoms with Crippen molar-refractivity contribution in [2.45, 2.75) is 13.0 Å². The van der Waals surface area contributed by atoms with E-state index in [0.29, 0.717) is 11.5 Å². The zero-order chi connectivity index (χ0) is 13.5. The van der Waals surface area contributed by atoms with Crippen LogP contribution in [0.1, 0.15) is 18.5 Å². The number of ether oxygens (including phenoxy) is 2. The van der Waals surface area contributed by atoms with Crippen LogP contribution in [-0.2, 0) is 10.8 Å². The highest BCUT2D eigenvalue weighted by molar-refractivity contribution is 7.84. The van der Waals surface area contributed by atoms with Gasteiger partial charge in [-0.25, -0.2) is 0 Å². The Morgan fingerprint density at radius 1 is 1.33 bits per heavy atom. The Bertz CT molecular complexity index is 409. The fourth-order valence-electron chi connectivity index (χ4n) is 1.74. The minimum Gasteiger partial charge on any atom is -0.497 e. The summed E-state index contributed by atoms with van der Waals surface area (Å²) in [5, 5.41) is 3.18. The number of rotatable bonds is 7. The smallest absolute Gasteiger partial charge is 0.127 e. The molecule has 18 heavy (non-hydrogen) atoms. The molecule has 0 amide bonds. The molecule has 0 bridgehead atoms. The number of hydrogen-bond acceptors (Lipinski definition) is 4. The van der Waals surface area contributed by atoms with Crippen LogP contribution >= 0.6 is 0 Å². The maximum absolute atomic E-state index is 11.7. The third kappa shape index (κ3) is 3.71. The molecule has 0 aliphatic rings. The normalized spacial score (nSPS) is 14.0. The lowest BCUT2D eigenvalue weighted by atomic mass is 10.1. The van der Waals surface area contributed by atoms with E-state index in [1.165, 1.54) is 0 Å². The van der Waals surface area contributed by atoms with E-state index in [2.05, 4.69) is 5.32 Å². The monoisotopic (exact) mass is 271 g/mol. The average molecular weight is 271 g/mol. The molecule has 0 saturated heterocycles. The molecule has 4 nitrogen and oxygen atoms in total. The molecule has 0 spiro atoms. The molecule has 2 unspecified atom stereocenters. The quantitative estimate of drug-likeness (QED) is 0.820. The second kappa shape index (κ2) is 7.38. The molecule has 5 heteroatoms. The first-order valence-electron chi connectivity index (χ1n) is 5.90. The van der Waals surface area contributed by atoms with Crippen molar-refractivity contribution in [3.8, 4) is 11.5 Å². The van der Waals surface area contributed by atoms with Crippen molar-refractivity contribution < 1.29 is 13.7 Å². The lowest BCUT2D eigenvalue weighted by molar-refractivity contribution is 0.387. The maximum Gasteiger partial charge on any atom is 0.127 e. The van der Waals surface area contributed by atoms with Gasteiger partial charge in [0, 0.05) is 40.0 Å². The predicted octanol–water partition coefficient (Wildman–Crippen LogP) is 1.73. The van der Waals surface area contributed by atoms with Gasteiger partial charge < -0.3 is 14.8 Å². The highest BCUT2D eigenvalue weighted by Gasteiger charge is 2.17. The summed E-state index contributed by atoms with van der Waals surface area (Å²) < 4.78 is 22.2. The van der Waals surface area contributed by atoms with Gasteiger partial charge >= 0.3 is 0 Å². The van der Waals surface area contributed by atoms with Crippen molar-refractivity contribution in [2.24, 2.45) is 0 Å². The fourth-order valence-corrected chi connectivity index (χ4v) is 2.69. The van der Waals surface area contributed by atoms with Crippen molar-refractivity contribution in [1.29, 1.82) is 0 Å². The molecule has 1 aromatic rings. The van der Waals surface area contributed by atoms with Gasteiger partial charge in [-0.3, -0.25) is 4.21 Å². The summed E-state index contributed by atoms with van der Waals surface area (Å²) in [5.74, 6) is 2.75. The highest BCUT2D eigenvalue weighted by Crippen LogP contribution is 2.29. The van der Waals surface area contributed by atoms with Crippen molar-refractivity contribution >= 4 is 10.8 Å². The first kappa shape index (κ1) is 15.0. The lowest BCUT2D eigenvalue weighted by Crippen LogP contribution is -2.23. The van der Waals surface area contributed by atoms with Crippen molar-refractivity contribution in [3.05, 3.63) is 23.8 Å². The van der Waals surface area contributed by atoms with Gasteiger partial charge in [0.25, 0.3) is 0 Å². The summed E-state index contributed by atoms with van der Waals surface area (Å²) in [4.78, 5) is 0. The Kier molecular flexibility index (Phi) is 6.15. The molecule has 102 valence electrons. The number of benzene rings is 1. The molecule has 0 aliphatic carbocycles. The van der Waals surface area contributed by atoms with Crippen LogP contribution in [0.3, 0.4) is 0 Å². The Balaban J connectivity index is 3.01. The minimum atomic E-state index is -0.824. The van der Waals surface area contributed by atoms with Gasteiger partial charge in [-0.15, -0.1) is 0 Å². The molecular formula is C13H21NO3S. The summed E-state index contributed by atoms with van der Waals surface area (Å²) in [7, 11) is 4.29. The van der Waals surface area contributed by atoms with Crippen LogP contribution in [0.2, 0.25) is 0 Å². The van der Waals surface area contributed by atoms with Gasteiger partial charge in [0.2, 0.25) is 0 Å². The Hall–Kier alpha value is -1.07. The average Bonchev–Trinajstić information content (AvgIpc) is 2.43. The molecule has 1 rings (SSSR count). The van der Waals surface area contributed by atoms with Crippen LogP contribution in [0, 0.1) is 0 Å². The number of methoxy groups -OCH3 is 2. The van der Waals surface area contributed by atoms with Crippen molar-refractivity contribution in [1.82, 2.24) is 5.32 Å². The maximum atomic E-state index is 11.7. The van der Waals surface area contributed by atoms with Gasteiger partial charge in [-0.2, -0.15) is 0 Å². The zero-order valence-corrected chi connectivity index (χ0v) is 12.2. The van der Waals surface area contributed by atoms with Gasteiger partial charge in [0.1, 0.15) is 11.5 Å². The van der Waals surface area contributed by atoms with E-state index in [4.69, 9.17) is 9.47 Å². The van der Waals surface area contributed by atoms with Gasteiger partial charge in [0.15, 0.2) is 0 Å². The van der Waals surface area contributed by atoms with Crippen molar-refractivity contribution in [3.63, 3.8) is 0 Å². The zero-order valence-electron chi connectivity index (χ0n) is 11.4. The number of hydrogen-bond donors (Lipinski definition) is 1. The third-order valence-corrected chi connectivity index (χ3v) is 4.19. The van der Waals surface area contributed by atoms with E-state index in [0.717, 1.165) is 17.1 Å². The first-order valence-corrected chi connectivity index (χ1v) is 7.39. The van der Waals surface area contributed by atoms with E-state index in [1.54, 1.807) is 14.2 Å². The SMILES string of the molecule is CCS(=O)CC(NC)c1ccc(OC)cc1OC. The molecule has 0 aromatic heterocycles. The molecule has 1 aromatic carbocycles. The standard InChI is InChI=1S/C13H21NO3S/c1-5-18(15)9-12(14-2)11-7-6-10(16-3)8-13(11)17-4/h6-8,12,14H,5,9H2,1-4H3. The highest BCUT2D eigenvalue weighted by atomic mass is 32.2. The summed E-state index contributed by atoms with van der Waals surface area (Å²) in [5.41, 5.74) is 1.00. The predicted molar refractivity (Wildman–Crippen MR) is 74.9 cm³/mol. The fraction of sp³-hybridized carbons (Fsp3) is 0.538. The second-order valence-corrected chi connectivity index (χ2v) is 5.63. The van der Waals surface area contributed by atoms with Crippen molar-refractivity contribution in [2.75, 3.05) is 32.8 Å². The molecule has 0 radical (unpaired) electrons. The first-order chi connectivity index (χ1) is 8.65. The Labute approximate surface area is 111 Å². The van der Waals surface area contributed by atoms with Crippen LogP contribution in [-0.4, -0.2) is 37.0 Å². The van der Waals surface area contributed by atoms with Gasteiger partial charge in [-0.1, -0.05) is 13.0 Å². The molecular weight excluding hydrogens is 250 g/mol. The summed E-state index contributed by atoms with van der Waals surface area (Å²) in [6, 6.07) is 5.70. The molecule has 0 fully saturated rings. The Morgan fingerprint density at radius 2 is 2.06 bits per heavy atom. The van der Waals surface area contributed by atoms with Crippen LogP contribution < -0.4 is 14.8 Å². The third-order valence-electron chi connectivity index (χ3n) is 2.84. The van der Waals surface area contributed by atoms with Gasteiger partial charge in [0.05, 0.1) is 14.2 Å². The summed E-state index contributed by atoms with van der Waals surface area (Å²) >= 11 is 0.